The minimum absolute atomic E-state index is 0.00820. The van der Waals surface area contributed by atoms with E-state index in [0.29, 0.717) is 34.2 Å². The minimum Gasteiger partial charge on any atom is -0.339 e. The second-order valence-corrected chi connectivity index (χ2v) is 8.19. The fourth-order valence-corrected chi connectivity index (χ4v) is 5.04. The molecule has 1 aliphatic rings. The number of rotatable bonds is 5. The molecule has 1 N–H and O–H groups in total. The van der Waals surface area contributed by atoms with Crippen LogP contribution in [0.3, 0.4) is 0 Å². The molecule has 0 saturated carbocycles. The Labute approximate surface area is 169 Å². The third kappa shape index (κ3) is 4.19. The lowest BCUT2D eigenvalue weighted by Gasteiger charge is -2.20. The van der Waals surface area contributed by atoms with Gasteiger partial charge in [-0.3, -0.25) is 9.59 Å². The number of thiophene rings is 1. The quantitative estimate of drug-likeness (QED) is 0.678. The molecule has 0 spiro atoms. The van der Waals surface area contributed by atoms with Gasteiger partial charge in [0.15, 0.2) is 0 Å². The first-order chi connectivity index (χ1) is 13.1. The molecular weight excluding hydrogens is 380 g/mol. The molecule has 1 aromatic carbocycles. The van der Waals surface area contributed by atoms with Gasteiger partial charge in [0.05, 0.1) is 16.1 Å². The van der Waals surface area contributed by atoms with E-state index in [2.05, 4.69) is 5.32 Å². The van der Waals surface area contributed by atoms with Gasteiger partial charge < -0.3 is 10.2 Å². The van der Waals surface area contributed by atoms with Gasteiger partial charge in [0.2, 0.25) is 0 Å². The number of nitrogens with zero attached hydrogens (tertiary/aromatic N) is 1. The van der Waals surface area contributed by atoms with E-state index in [4.69, 9.17) is 11.6 Å². The van der Waals surface area contributed by atoms with Crippen LogP contribution in [0.15, 0.2) is 24.3 Å². The van der Waals surface area contributed by atoms with Gasteiger partial charge >= 0.3 is 0 Å². The van der Waals surface area contributed by atoms with Crippen LogP contribution in [-0.4, -0.2) is 29.8 Å². The summed E-state index contributed by atoms with van der Waals surface area (Å²) in [5, 5.41) is 4.04. The van der Waals surface area contributed by atoms with E-state index in [1.807, 2.05) is 18.7 Å². The van der Waals surface area contributed by atoms with Gasteiger partial charge in [0, 0.05) is 18.0 Å². The van der Waals surface area contributed by atoms with Crippen molar-refractivity contribution in [3.8, 4) is 0 Å². The van der Waals surface area contributed by atoms with Crippen LogP contribution in [0, 0.1) is 0 Å². The molecule has 27 heavy (non-hydrogen) atoms. The number of carbonyl (C=O) groups excluding carboxylic acids is 2. The first kappa shape index (κ1) is 19.9. The Morgan fingerprint density at radius 3 is 2.52 bits per heavy atom. The monoisotopic (exact) mass is 404 g/mol. The summed E-state index contributed by atoms with van der Waals surface area (Å²) in [5.74, 6) is -0.264. The van der Waals surface area contributed by atoms with E-state index in [-0.39, 0.29) is 11.8 Å². The van der Waals surface area contributed by atoms with Crippen molar-refractivity contribution in [1.82, 2.24) is 4.90 Å². The highest BCUT2D eigenvalue weighted by molar-refractivity contribution is 7.17. The smallest absolute Gasteiger partial charge is 0.257 e. The third-order valence-corrected chi connectivity index (χ3v) is 6.57. The molecule has 0 unspecified atom stereocenters. The van der Waals surface area contributed by atoms with Crippen LogP contribution < -0.4 is 5.32 Å². The number of halogens is 1. The molecule has 0 bridgehead atoms. The molecule has 6 heteroatoms. The van der Waals surface area contributed by atoms with E-state index in [1.54, 1.807) is 35.6 Å². The molecular formula is C21H25ClN2O2S. The second kappa shape index (κ2) is 8.89. The maximum Gasteiger partial charge on any atom is 0.257 e. The van der Waals surface area contributed by atoms with Gasteiger partial charge in [0.1, 0.15) is 5.00 Å². The number of amides is 2. The Balaban J connectivity index is 2.00. The normalized spacial score (nSPS) is 13.6. The summed E-state index contributed by atoms with van der Waals surface area (Å²) in [7, 11) is 0. The van der Waals surface area contributed by atoms with Crippen molar-refractivity contribution >= 4 is 39.8 Å². The number of carbonyl (C=O) groups is 2. The van der Waals surface area contributed by atoms with Crippen LogP contribution >= 0.6 is 22.9 Å². The molecule has 2 aromatic rings. The Morgan fingerprint density at radius 1 is 1.11 bits per heavy atom. The van der Waals surface area contributed by atoms with Crippen LogP contribution in [0.1, 0.15) is 64.3 Å². The Bertz CT molecular complexity index is 843. The van der Waals surface area contributed by atoms with Crippen LogP contribution in [-0.2, 0) is 12.8 Å². The summed E-state index contributed by atoms with van der Waals surface area (Å²) in [5.41, 5.74) is 2.23. The lowest BCUT2D eigenvalue weighted by atomic mass is 10.0. The van der Waals surface area contributed by atoms with Crippen LogP contribution in [0.4, 0.5) is 5.00 Å². The Morgan fingerprint density at radius 2 is 1.81 bits per heavy atom. The molecule has 3 rings (SSSR count). The molecule has 4 nitrogen and oxygen atoms in total. The van der Waals surface area contributed by atoms with Crippen molar-refractivity contribution in [3.63, 3.8) is 0 Å². The molecule has 144 valence electrons. The molecule has 1 aliphatic carbocycles. The highest BCUT2D eigenvalue weighted by Crippen LogP contribution is 2.38. The standard InChI is InChI=1S/C21H25ClN2O2S/c1-3-24(4-2)21(26)18-15-11-6-5-7-13-17(15)27-20(18)23-19(25)14-10-8-9-12-16(14)22/h8-10,12H,3-7,11,13H2,1-2H3,(H,23,25). The predicted octanol–water partition coefficient (Wildman–Crippen LogP) is 5.40. The van der Waals surface area contributed by atoms with Crippen molar-refractivity contribution in [2.45, 2.75) is 46.0 Å². The molecule has 1 aromatic heterocycles. The number of hydrogen-bond acceptors (Lipinski definition) is 3. The van der Waals surface area contributed by atoms with Gasteiger partial charge in [-0.15, -0.1) is 11.3 Å². The average molecular weight is 405 g/mol. The van der Waals surface area contributed by atoms with Gasteiger partial charge in [-0.25, -0.2) is 0 Å². The Kier molecular flexibility index (Phi) is 6.55. The Hall–Kier alpha value is -1.85. The summed E-state index contributed by atoms with van der Waals surface area (Å²) >= 11 is 7.72. The maximum absolute atomic E-state index is 13.2. The number of nitrogens with one attached hydrogen (secondary N) is 1. The minimum atomic E-state index is -0.273. The van der Waals surface area contributed by atoms with Crippen LogP contribution in [0.2, 0.25) is 5.02 Å². The number of anilines is 1. The molecule has 0 atom stereocenters. The summed E-state index contributed by atoms with van der Waals surface area (Å²) in [6.45, 7) is 5.26. The zero-order valence-corrected chi connectivity index (χ0v) is 17.4. The van der Waals surface area contributed by atoms with Crippen molar-refractivity contribution in [2.24, 2.45) is 0 Å². The van der Waals surface area contributed by atoms with Crippen LogP contribution in [0.5, 0.6) is 0 Å². The van der Waals surface area contributed by atoms with Gasteiger partial charge in [-0.1, -0.05) is 30.2 Å². The largest absolute Gasteiger partial charge is 0.339 e. The van der Waals surface area contributed by atoms with Gasteiger partial charge in [0.25, 0.3) is 11.8 Å². The SMILES string of the molecule is CCN(CC)C(=O)c1c(NC(=O)c2ccccc2Cl)sc2c1CCCCC2. The van der Waals surface area contributed by atoms with Crippen molar-refractivity contribution in [2.75, 3.05) is 18.4 Å². The van der Waals surface area contributed by atoms with Gasteiger partial charge in [-0.2, -0.15) is 0 Å². The summed E-state index contributed by atoms with van der Waals surface area (Å²) < 4.78 is 0. The highest BCUT2D eigenvalue weighted by atomic mass is 35.5. The first-order valence-electron chi connectivity index (χ1n) is 9.56. The molecule has 2 amide bonds. The lowest BCUT2D eigenvalue weighted by Crippen LogP contribution is -2.31. The summed E-state index contributed by atoms with van der Waals surface area (Å²) in [6.07, 6.45) is 5.27. The molecule has 0 aliphatic heterocycles. The van der Waals surface area contributed by atoms with E-state index >= 15 is 0 Å². The number of fused-ring (bicyclic) bond motifs is 1. The second-order valence-electron chi connectivity index (χ2n) is 6.68. The van der Waals surface area contributed by atoms with Crippen LogP contribution in [0.25, 0.3) is 0 Å². The fraction of sp³-hybridized carbons (Fsp3) is 0.429. The summed E-state index contributed by atoms with van der Waals surface area (Å²) in [6, 6.07) is 6.97. The lowest BCUT2D eigenvalue weighted by molar-refractivity contribution is 0.0773. The van der Waals surface area contributed by atoms with E-state index in [0.717, 1.165) is 31.2 Å². The third-order valence-electron chi connectivity index (χ3n) is 5.03. The van der Waals surface area contributed by atoms with E-state index in [9.17, 15) is 9.59 Å². The topological polar surface area (TPSA) is 49.4 Å². The summed E-state index contributed by atoms with van der Waals surface area (Å²) in [4.78, 5) is 29.1. The zero-order chi connectivity index (χ0) is 19.4. The van der Waals surface area contributed by atoms with Gasteiger partial charge in [-0.05, 0) is 57.2 Å². The number of hydrogen-bond donors (Lipinski definition) is 1. The first-order valence-corrected chi connectivity index (χ1v) is 10.8. The van der Waals surface area contributed by atoms with Crippen molar-refractivity contribution in [1.29, 1.82) is 0 Å². The predicted molar refractivity (Wildman–Crippen MR) is 112 cm³/mol. The van der Waals surface area contributed by atoms with Crippen molar-refractivity contribution in [3.05, 3.63) is 50.9 Å². The van der Waals surface area contributed by atoms with Crippen molar-refractivity contribution < 1.29 is 9.59 Å². The average Bonchev–Trinajstić information content (AvgIpc) is 2.83. The number of aryl methyl sites for hydroxylation is 1. The molecule has 0 radical (unpaired) electrons. The molecule has 0 fully saturated rings. The molecule has 1 heterocycles. The molecule has 0 saturated heterocycles. The van der Waals surface area contributed by atoms with E-state index < -0.39 is 0 Å². The number of benzene rings is 1. The maximum atomic E-state index is 13.2. The highest BCUT2D eigenvalue weighted by Gasteiger charge is 2.28. The fourth-order valence-electron chi connectivity index (χ4n) is 3.54. The van der Waals surface area contributed by atoms with E-state index in [1.165, 1.54) is 11.3 Å². The zero-order valence-electron chi connectivity index (χ0n) is 15.8.